The van der Waals surface area contributed by atoms with Crippen molar-refractivity contribution in [2.45, 2.75) is 30.3 Å². The Morgan fingerprint density at radius 2 is 1.96 bits per heavy atom. The van der Waals surface area contributed by atoms with Crippen LogP contribution in [0.25, 0.3) is 0 Å². The summed E-state index contributed by atoms with van der Waals surface area (Å²) in [5.74, 6) is 0.648. The van der Waals surface area contributed by atoms with Gasteiger partial charge in [0.15, 0.2) is 0 Å². The number of urea groups is 1. The Morgan fingerprint density at radius 3 is 2.54 bits per heavy atom. The average Bonchev–Trinajstić information content (AvgIpc) is 3.28. The third-order valence-corrected chi connectivity index (χ3v) is 5.78. The molecule has 1 heterocycles. The van der Waals surface area contributed by atoms with Gasteiger partial charge in [-0.2, -0.15) is 4.31 Å². The molecule has 128 valence electrons. The van der Waals surface area contributed by atoms with E-state index in [-0.39, 0.29) is 17.5 Å². The van der Waals surface area contributed by atoms with Crippen LogP contribution in [0.5, 0.6) is 0 Å². The zero-order valence-corrected chi connectivity index (χ0v) is 14.0. The fourth-order valence-corrected chi connectivity index (χ4v) is 3.68. The summed E-state index contributed by atoms with van der Waals surface area (Å²) >= 11 is 0. The van der Waals surface area contributed by atoms with Crippen molar-refractivity contribution in [1.82, 2.24) is 9.62 Å². The van der Waals surface area contributed by atoms with Gasteiger partial charge in [-0.05, 0) is 49.2 Å². The van der Waals surface area contributed by atoms with Crippen LogP contribution in [0.4, 0.5) is 10.5 Å². The van der Waals surface area contributed by atoms with E-state index in [2.05, 4.69) is 10.6 Å². The first kappa shape index (κ1) is 16.5. The highest BCUT2D eigenvalue weighted by atomic mass is 32.2. The molecule has 1 aliphatic carbocycles. The van der Waals surface area contributed by atoms with Crippen LogP contribution < -0.4 is 10.6 Å². The van der Waals surface area contributed by atoms with Gasteiger partial charge in [0.25, 0.3) is 0 Å². The fourth-order valence-electron chi connectivity index (χ4n) is 2.27. The molecule has 0 spiro atoms. The lowest BCUT2D eigenvalue weighted by Gasteiger charge is -2.16. The molecule has 2 N–H and O–H groups in total. The third kappa shape index (κ3) is 3.77. The maximum absolute atomic E-state index is 12.4. The molecule has 3 rings (SSSR count). The number of amides is 2. The summed E-state index contributed by atoms with van der Waals surface area (Å²) in [6.07, 6.45) is 3.35. The van der Waals surface area contributed by atoms with Crippen LogP contribution in [0, 0.1) is 0 Å². The standard InChI is InChI=1S/C16H19N3O4S/c1-19(13-6-7-13)24(21,22)15-8-4-12(5-9-15)18-16(20)17-11-14-3-2-10-23-14/h2-5,8-10,13H,6-7,11H2,1H3,(H2,17,18,20). The summed E-state index contributed by atoms with van der Waals surface area (Å²) in [5.41, 5.74) is 0.514. The van der Waals surface area contributed by atoms with Crippen molar-refractivity contribution in [3.8, 4) is 0 Å². The van der Waals surface area contributed by atoms with E-state index in [0.717, 1.165) is 12.8 Å². The molecular weight excluding hydrogens is 330 g/mol. The number of nitrogens with one attached hydrogen (secondary N) is 2. The quantitative estimate of drug-likeness (QED) is 0.837. The molecule has 2 amide bonds. The highest BCUT2D eigenvalue weighted by Crippen LogP contribution is 2.30. The van der Waals surface area contributed by atoms with E-state index < -0.39 is 16.1 Å². The number of hydrogen-bond acceptors (Lipinski definition) is 4. The summed E-state index contributed by atoms with van der Waals surface area (Å²) in [6.45, 7) is 0.275. The van der Waals surface area contributed by atoms with Crippen LogP contribution >= 0.6 is 0 Å². The molecule has 8 heteroatoms. The van der Waals surface area contributed by atoms with Gasteiger partial charge in [-0.15, -0.1) is 0 Å². The van der Waals surface area contributed by atoms with Gasteiger partial charge in [0.2, 0.25) is 10.0 Å². The Morgan fingerprint density at radius 1 is 1.25 bits per heavy atom. The number of benzene rings is 1. The number of sulfonamides is 1. The highest BCUT2D eigenvalue weighted by molar-refractivity contribution is 7.89. The van der Waals surface area contributed by atoms with Crippen molar-refractivity contribution in [3.63, 3.8) is 0 Å². The zero-order valence-electron chi connectivity index (χ0n) is 13.2. The first-order valence-corrected chi connectivity index (χ1v) is 9.06. The second-order valence-electron chi connectivity index (χ2n) is 5.66. The Bertz CT molecular complexity index is 796. The summed E-state index contributed by atoms with van der Waals surface area (Å²) < 4.78 is 31.3. The first-order chi connectivity index (χ1) is 11.5. The molecule has 1 aromatic heterocycles. The Labute approximate surface area is 140 Å². The number of furan rings is 1. The summed E-state index contributed by atoms with van der Waals surface area (Å²) in [7, 11) is -1.87. The van der Waals surface area contributed by atoms with Gasteiger partial charge in [-0.25, -0.2) is 13.2 Å². The van der Waals surface area contributed by atoms with Crippen molar-refractivity contribution in [3.05, 3.63) is 48.4 Å². The van der Waals surface area contributed by atoms with Gasteiger partial charge in [0, 0.05) is 18.8 Å². The molecule has 24 heavy (non-hydrogen) atoms. The Balaban J connectivity index is 1.58. The predicted octanol–water partition coefficient (Wildman–Crippen LogP) is 2.38. The van der Waals surface area contributed by atoms with E-state index in [0.29, 0.717) is 11.4 Å². The molecule has 1 saturated carbocycles. The van der Waals surface area contributed by atoms with Crippen LogP contribution in [0.1, 0.15) is 18.6 Å². The maximum atomic E-state index is 12.4. The minimum atomic E-state index is -3.47. The summed E-state index contributed by atoms with van der Waals surface area (Å²) in [4.78, 5) is 12.0. The largest absolute Gasteiger partial charge is 0.467 e. The van der Waals surface area contributed by atoms with Gasteiger partial charge in [0.1, 0.15) is 5.76 Å². The lowest BCUT2D eigenvalue weighted by Crippen LogP contribution is -2.29. The molecule has 0 bridgehead atoms. The van der Waals surface area contributed by atoms with Gasteiger partial charge in [0.05, 0.1) is 17.7 Å². The van der Waals surface area contributed by atoms with E-state index in [1.165, 1.54) is 22.7 Å². The number of carbonyl (C=O) groups is 1. The molecule has 0 saturated heterocycles. The monoisotopic (exact) mass is 349 g/mol. The molecule has 0 aliphatic heterocycles. The smallest absolute Gasteiger partial charge is 0.319 e. The van der Waals surface area contributed by atoms with E-state index in [4.69, 9.17) is 4.42 Å². The second kappa shape index (κ2) is 6.66. The van der Waals surface area contributed by atoms with Crippen LogP contribution in [0.3, 0.4) is 0 Å². The summed E-state index contributed by atoms with van der Waals surface area (Å²) in [6, 6.07) is 9.35. The van der Waals surface area contributed by atoms with Crippen molar-refractivity contribution in [1.29, 1.82) is 0 Å². The number of anilines is 1. The van der Waals surface area contributed by atoms with Gasteiger partial charge in [-0.1, -0.05) is 0 Å². The van der Waals surface area contributed by atoms with Crippen molar-refractivity contribution in [2.75, 3.05) is 12.4 Å². The zero-order chi connectivity index (χ0) is 17.2. The topological polar surface area (TPSA) is 91.7 Å². The summed E-state index contributed by atoms with van der Waals surface area (Å²) in [5, 5.41) is 5.30. The SMILES string of the molecule is CN(C1CC1)S(=O)(=O)c1ccc(NC(=O)NCc2ccco2)cc1. The molecule has 1 fully saturated rings. The van der Waals surface area contributed by atoms with Crippen LogP contribution in [0.15, 0.2) is 52.0 Å². The minimum absolute atomic E-state index is 0.111. The maximum Gasteiger partial charge on any atom is 0.319 e. The number of rotatable bonds is 6. The van der Waals surface area contributed by atoms with E-state index in [1.807, 2.05) is 0 Å². The molecule has 0 atom stereocenters. The molecule has 1 aromatic carbocycles. The fraction of sp³-hybridized carbons (Fsp3) is 0.312. The Hall–Kier alpha value is -2.32. The van der Waals surface area contributed by atoms with Gasteiger partial charge in [-0.3, -0.25) is 0 Å². The van der Waals surface area contributed by atoms with Gasteiger partial charge >= 0.3 is 6.03 Å². The second-order valence-corrected chi connectivity index (χ2v) is 7.66. The predicted molar refractivity (Wildman–Crippen MR) is 89.0 cm³/mol. The average molecular weight is 349 g/mol. The first-order valence-electron chi connectivity index (χ1n) is 7.62. The van der Waals surface area contributed by atoms with Crippen LogP contribution in [-0.4, -0.2) is 31.8 Å². The lowest BCUT2D eigenvalue weighted by molar-refractivity contribution is 0.251. The van der Waals surface area contributed by atoms with E-state index in [1.54, 1.807) is 31.3 Å². The molecular formula is C16H19N3O4S. The molecule has 0 unspecified atom stereocenters. The molecule has 2 aromatic rings. The minimum Gasteiger partial charge on any atom is -0.467 e. The van der Waals surface area contributed by atoms with E-state index >= 15 is 0 Å². The normalized spacial score (nSPS) is 14.6. The van der Waals surface area contributed by atoms with Crippen molar-refractivity contribution < 1.29 is 17.6 Å². The van der Waals surface area contributed by atoms with E-state index in [9.17, 15) is 13.2 Å². The van der Waals surface area contributed by atoms with Crippen molar-refractivity contribution >= 4 is 21.7 Å². The molecule has 0 radical (unpaired) electrons. The van der Waals surface area contributed by atoms with Crippen LogP contribution in [-0.2, 0) is 16.6 Å². The third-order valence-electron chi connectivity index (χ3n) is 3.85. The lowest BCUT2D eigenvalue weighted by atomic mass is 10.3. The molecule has 7 nitrogen and oxygen atoms in total. The highest BCUT2D eigenvalue weighted by Gasteiger charge is 2.34. The number of carbonyl (C=O) groups excluding carboxylic acids is 1. The number of hydrogen-bond donors (Lipinski definition) is 2. The Kier molecular flexibility index (Phi) is 4.59. The van der Waals surface area contributed by atoms with Gasteiger partial charge < -0.3 is 15.1 Å². The van der Waals surface area contributed by atoms with Crippen LogP contribution in [0.2, 0.25) is 0 Å². The number of nitrogens with zero attached hydrogens (tertiary/aromatic N) is 1. The molecule has 1 aliphatic rings. The van der Waals surface area contributed by atoms with Crippen molar-refractivity contribution in [2.24, 2.45) is 0 Å².